The highest BCUT2D eigenvalue weighted by Crippen LogP contribution is 2.21. The van der Waals surface area contributed by atoms with Crippen molar-refractivity contribution in [2.24, 2.45) is 5.92 Å². The van der Waals surface area contributed by atoms with Crippen LogP contribution in [0.4, 0.5) is 0 Å². The summed E-state index contributed by atoms with van der Waals surface area (Å²) < 4.78 is 32.4. The number of aryl methyl sites for hydroxylation is 2. The van der Waals surface area contributed by atoms with Crippen molar-refractivity contribution in [3.8, 4) is 0 Å². The van der Waals surface area contributed by atoms with Gasteiger partial charge in [0.25, 0.3) is 0 Å². The molecule has 7 heteroatoms. The molecule has 0 spiro atoms. The molecule has 0 aromatic carbocycles. The van der Waals surface area contributed by atoms with Crippen LogP contribution in [0.1, 0.15) is 31.2 Å². The normalized spacial score (nSPS) is 22.4. The predicted octanol–water partition coefficient (Wildman–Crippen LogP) is 0.958. The summed E-state index contributed by atoms with van der Waals surface area (Å²) in [4.78, 5) is 0.170. The minimum atomic E-state index is -3.56. The standard InChI is InChI=1S/C12H21N3O3S/c1-8(11-5-4-6-13-7-11)15-19(16,17)12-9(2)14-18-10(12)3/h8,11,13,15H,4-7H2,1-3H3. The quantitative estimate of drug-likeness (QED) is 0.861. The summed E-state index contributed by atoms with van der Waals surface area (Å²) in [6, 6.07) is -0.105. The Kier molecular flexibility index (Phi) is 4.27. The maximum atomic E-state index is 12.4. The van der Waals surface area contributed by atoms with Crippen LogP contribution in [0, 0.1) is 19.8 Å². The molecule has 2 heterocycles. The zero-order valence-electron chi connectivity index (χ0n) is 11.6. The first-order valence-corrected chi connectivity index (χ1v) is 8.06. The fourth-order valence-corrected chi connectivity index (χ4v) is 4.21. The van der Waals surface area contributed by atoms with Gasteiger partial charge in [-0.15, -0.1) is 0 Å². The number of hydrogen-bond donors (Lipinski definition) is 2. The summed E-state index contributed by atoms with van der Waals surface area (Å²) >= 11 is 0. The van der Waals surface area contributed by atoms with Gasteiger partial charge in [0.05, 0.1) is 0 Å². The molecule has 0 aliphatic carbocycles. The number of aromatic nitrogens is 1. The lowest BCUT2D eigenvalue weighted by atomic mass is 9.94. The molecule has 1 aliphatic heterocycles. The van der Waals surface area contributed by atoms with Crippen molar-refractivity contribution in [2.75, 3.05) is 13.1 Å². The molecule has 0 amide bonds. The molecule has 1 aromatic rings. The predicted molar refractivity (Wildman–Crippen MR) is 71.4 cm³/mol. The average molecular weight is 287 g/mol. The fourth-order valence-electron chi connectivity index (χ4n) is 2.56. The zero-order chi connectivity index (χ0) is 14.0. The van der Waals surface area contributed by atoms with Gasteiger partial charge < -0.3 is 9.84 Å². The molecular formula is C12H21N3O3S. The zero-order valence-corrected chi connectivity index (χ0v) is 12.4. The van der Waals surface area contributed by atoms with Crippen LogP contribution in [0.25, 0.3) is 0 Å². The van der Waals surface area contributed by atoms with E-state index < -0.39 is 10.0 Å². The summed E-state index contributed by atoms with van der Waals surface area (Å²) in [7, 11) is -3.56. The van der Waals surface area contributed by atoms with Crippen LogP contribution in [0.2, 0.25) is 0 Å². The van der Waals surface area contributed by atoms with Crippen molar-refractivity contribution < 1.29 is 12.9 Å². The van der Waals surface area contributed by atoms with Crippen molar-refractivity contribution >= 4 is 10.0 Å². The third-order valence-electron chi connectivity index (χ3n) is 3.62. The third kappa shape index (κ3) is 3.16. The Morgan fingerprint density at radius 3 is 2.74 bits per heavy atom. The Balaban J connectivity index is 2.13. The molecule has 0 bridgehead atoms. The first-order chi connectivity index (χ1) is 8.92. The molecule has 6 nitrogen and oxygen atoms in total. The van der Waals surface area contributed by atoms with Crippen LogP contribution >= 0.6 is 0 Å². The molecule has 1 fully saturated rings. The van der Waals surface area contributed by atoms with Crippen LogP contribution in [-0.4, -0.2) is 32.7 Å². The van der Waals surface area contributed by atoms with Crippen LogP contribution in [-0.2, 0) is 10.0 Å². The van der Waals surface area contributed by atoms with Crippen LogP contribution in [0.3, 0.4) is 0 Å². The van der Waals surface area contributed by atoms with Gasteiger partial charge in [0.2, 0.25) is 10.0 Å². The second kappa shape index (κ2) is 5.60. The lowest BCUT2D eigenvalue weighted by molar-refractivity contribution is 0.320. The summed E-state index contributed by atoms with van der Waals surface area (Å²) in [6.07, 6.45) is 2.13. The second-order valence-electron chi connectivity index (χ2n) is 5.17. The molecular weight excluding hydrogens is 266 g/mol. The summed E-state index contributed by atoms with van der Waals surface area (Å²) in [5, 5.41) is 6.99. The molecule has 2 N–H and O–H groups in total. The van der Waals surface area contributed by atoms with Crippen LogP contribution in [0.5, 0.6) is 0 Å². The third-order valence-corrected chi connectivity index (χ3v) is 5.42. The van der Waals surface area contributed by atoms with Gasteiger partial charge in [0, 0.05) is 6.04 Å². The Bertz CT molecular complexity index is 513. The lowest BCUT2D eigenvalue weighted by Crippen LogP contribution is -2.44. The van der Waals surface area contributed by atoms with E-state index in [1.54, 1.807) is 13.8 Å². The minimum absolute atomic E-state index is 0.105. The van der Waals surface area contributed by atoms with E-state index in [-0.39, 0.29) is 10.9 Å². The lowest BCUT2D eigenvalue weighted by Gasteiger charge is -2.28. The van der Waals surface area contributed by atoms with E-state index in [9.17, 15) is 8.42 Å². The molecule has 1 aromatic heterocycles. The van der Waals surface area contributed by atoms with Crippen molar-refractivity contribution in [3.05, 3.63) is 11.5 Å². The molecule has 0 radical (unpaired) electrons. The number of hydrogen-bond acceptors (Lipinski definition) is 5. The molecule has 0 saturated carbocycles. The Labute approximate surface area is 114 Å². The fraction of sp³-hybridized carbons (Fsp3) is 0.750. The molecule has 2 atom stereocenters. The Hall–Kier alpha value is -0.920. The van der Waals surface area contributed by atoms with Gasteiger partial charge in [-0.2, -0.15) is 0 Å². The number of sulfonamides is 1. The Morgan fingerprint density at radius 2 is 2.21 bits per heavy atom. The maximum Gasteiger partial charge on any atom is 0.246 e. The van der Waals surface area contributed by atoms with E-state index in [0.29, 0.717) is 17.4 Å². The largest absolute Gasteiger partial charge is 0.360 e. The molecule has 1 aliphatic rings. The van der Waals surface area contributed by atoms with Gasteiger partial charge in [-0.3, -0.25) is 0 Å². The van der Waals surface area contributed by atoms with Gasteiger partial charge >= 0.3 is 0 Å². The van der Waals surface area contributed by atoms with Crippen molar-refractivity contribution in [1.82, 2.24) is 15.2 Å². The van der Waals surface area contributed by atoms with Crippen molar-refractivity contribution in [2.45, 2.75) is 44.6 Å². The Morgan fingerprint density at radius 1 is 1.47 bits per heavy atom. The highest BCUT2D eigenvalue weighted by Gasteiger charge is 2.29. The average Bonchev–Trinajstić information content (AvgIpc) is 2.70. The topological polar surface area (TPSA) is 84.2 Å². The first kappa shape index (κ1) is 14.5. The summed E-state index contributed by atoms with van der Waals surface area (Å²) in [5.41, 5.74) is 0.402. The highest BCUT2D eigenvalue weighted by atomic mass is 32.2. The van der Waals surface area contributed by atoms with Gasteiger partial charge in [0.15, 0.2) is 5.76 Å². The van der Waals surface area contributed by atoms with Crippen molar-refractivity contribution in [1.29, 1.82) is 0 Å². The molecule has 108 valence electrons. The molecule has 2 rings (SSSR count). The van der Waals surface area contributed by atoms with Gasteiger partial charge in [0.1, 0.15) is 10.6 Å². The molecule has 1 saturated heterocycles. The number of nitrogens with one attached hydrogen (secondary N) is 2. The minimum Gasteiger partial charge on any atom is -0.360 e. The van der Waals surface area contributed by atoms with Crippen molar-refractivity contribution in [3.63, 3.8) is 0 Å². The van der Waals surface area contributed by atoms with E-state index in [4.69, 9.17) is 4.52 Å². The smallest absolute Gasteiger partial charge is 0.246 e. The van der Waals surface area contributed by atoms with Gasteiger partial charge in [-0.05, 0) is 52.6 Å². The van der Waals surface area contributed by atoms with E-state index in [2.05, 4.69) is 15.2 Å². The SMILES string of the molecule is Cc1noc(C)c1S(=O)(=O)NC(C)C1CCCNC1. The first-order valence-electron chi connectivity index (χ1n) is 6.57. The monoisotopic (exact) mass is 287 g/mol. The van der Waals surface area contributed by atoms with Crippen LogP contribution < -0.4 is 10.0 Å². The molecule has 2 unspecified atom stereocenters. The number of rotatable bonds is 4. The number of nitrogens with zero attached hydrogens (tertiary/aromatic N) is 1. The van der Waals surface area contributed by atoms with E-state index in [1.807, 2.05) is 6.92 Å². The number of piperidine rings is 1. The van der Waals surface area contributed by atoms with E-state index in [1.165, 1.54) is 0 Å². The summed E-state index contributed by atoms with van der Waals surface area (Å²) in [6.45, 7) is 7.03. The van der Waals surface area contributed by atoms with Gasteiger partial charge in [-0.1, -0.05) is 5.16 Å². The van der Waals surface area contributed by atoms with Crippen LogP contribution in [0.15, 0.2) is 9.42 Å². The highest BCUT2D eigenvalue weighted by molar-refractivity contribution is 7.89. The van der Waals surface area contributed by atoms with Gasteiger partial charge in [-0.25, -0.2) is 13.1 Å². The molecule has 19 heavy (non-hydrogen) atoms. The summed E-state index contributed by atoms with van der Waals surface area (Å²) in [5.74, 6) is 0.656. The maximum absolute atomic E-state index is 12.4. The second-order valence-corrected chi connectivity index (χ2v) is 6.82. The van der Waals surface area contributed by atoms with E-state index in [0.717, 1.165) is 25.9 Å². The van der Waals surface area contributed by atoms with E-state index >= 15 is 0 Å².